The van der Waals surface area contributed by atoms with Gasteiger partial charge >= 0.3 is 0 Å². The number of nitrogens with zero attached hydrogens (tertiary/aromatic N) is 1. The minimum Gasteiger partial charge on any atom is -0.302 e. The molecule has 0 saturated carbocycles. The van der Waals surface area contributed by atoms with E-state index in [-0.39, 0.29) is 29.4 Å². The lowest BCUT2D eigenvalue weighted by molar-refractivity contribution is -0.116. The number of anilines is 1. The van der Waals surface area contributed by atoms with Crippen molar-refractivity contribution in [2.75, 3.05) is 11.1 Å². The molecule has 0 aliphatic rings. The van der Waals surface area contributed by atoms with Gasteiger partial charge < -0.3 is 5.32 Å². The van der Waals surface area contributed by atoms with Gasteiger partial charge in [0.25, 0.3) is 0 Å². The molecule has 3 rings (SSSR count). The number of thiazole rings is 1. The monoisotopic (exact) mass is 408 g/mol. The summed E-state index contributed by atoms with van der Waals surface area (Å²) in [6, 6.07) is 12.0. The SMILES string of the molecule is Cc1ccc(S(=O)(=O)CCCC(=O)Nc2nc3ccc(Cl)cc3s2)cc1. The van der Waals surface area contributed by atoms with E-state index >= 15 is 0 Å². The molecule has 0 aliphatic carbocycles. The van der Waals surface area contributed by atoms with Crippen LogP contribution >= 0.6 is 22.9 Å². The van der Waals surface area contributed by atoms with Crippen LogP contribution in [0.2, 0.25) is 5.02 Å². The van der Waals surface area contributed by atoms with Crippen LogP contribution < -0.4 is 5.32 Å². The van der Waals surface area contributed by atoms with Gasteiger partial charge in [0.1, 0.15) is 0 Å². The molecular formula is C18H17ClN2O3S2. The molecule has 26 heavy (non-hydrogen) atoms. The van der Waals surface area contributed by atoms with Crippen molar-refractivity contribution in [1.29, 1.82) is 0 Å². The highest BCUT2D eigenvalue weighted by atomic mass is 35.5. The Hall–Kier alpha value is -1.96. The summed E-state index contributed by atoms with van der Waals surface area (Å²) in [5.74, 6) is -0.326. The average molecular weight is 409 g/mol. The second-order valence-electron chi connectivity index (χ2n) is 5.91. The Kier molecular flexibility index (Phi) is 5.60. The van der Waals surface area contributed by atoms with E-state index in [0.717, 1.165) is 15.8 Å². The molecule has 1 N–H and O–H groups in total. The van der Waals surface area contributed by atoms with Crippen LogP contribution in [-0.4, -0.2) is 25.1 Å². The van der Waals surface area contributed by atoms with Crippen molar-refractivity contribution in [3.05, 3.63) is 53.1 Å². The van der Waals surface area contributed by atoms with Gasteiger partial charge in [-0.05, 0) is 43.7 Å². The fraction of sp³-hybridized carbons (Fsp3) is 0.222. The first-order chi connectivity index (χ1) is 12.3. The molecule has 0 aliphatic heterocycles. The van der Waals surface area contributed by atoms with Crippen LogP contribution in [0.1, 0.15) is 18.4 Å². The maximum absolute atomic E-state index is 12.3. The third kappa shape index (κ3) is 4.60. The van der Waals surface area contributed by atoms with Crippen molar-refractivity contribution in [2.24, 2.45) is 0 Å². The van der Waals surface area contributed by atoms with Crippen molar-refractivity contribution < 1.29 is 13.2 Å². The zero-order chi connectivity index (χ0) is 18.7. The summed E-state index contributed by atoms with van der Waals surface area (Å²) in [6.07, 6.45) is 0.362. The van der Waals surface area contributed by atoms with E-state index in [4.69, 9.17) is 11.6 Å². The molecule has 3 aromatic rings. The molecule has 1 heterocycles. The van der Waals surface area contributed by atoms with Gasteiger partial charge in [0, 0.05) is 11.4 Å². The molecule has 1 amide bonds. The third-order valence-corrected chi connectivity index (χ3v) is 6.78. The van der Waals surface area contributed by atoms with E-state index in [2.05, 4.69) is 10.3 Å². The number of rotatable bonds is 6. The van der Waals surface area contributed by atoms with Crippen molar-refractivity contribution in [2.45, 2.75) is 24.7 Å². The first kappa shape index (κ1) is 18.8. The smallest absolute Gasteiger partial charge is 0.226 e. The zero-order valence-electron chi connectivity index (χ0n) is 14.0. The van der Waals surface area contributed by atoms with Crippen LogP contribution in [0.4, 0.5) is 5.13 Å². The van der Waals surface area contributed by atoms with Gasteiger partial charge in [-0.2, -0.15) is 0 Å². The molecule has 0 fully saturated rings. The van der Waals surface area contributed by atoms with Crippen LogP contribution in [0, 0.1) is 6.92 Å². The number of aryl methyl sites for hydroxylation is 1. The van der Waals surface area contributed by atoms with Gasteiger partial charge in [0.2, 0.25) is 5.91 Å². The number of carbonyl (C=O) groups is 1. The highest BCUT2D eigenvalue weighted by Gasteiger charge is 2.15. The number of hydrogen-bond donors (Lipinski definition) is 1. The molecule has 0 bridgehead atoms. The Labute approximate surface area is 160 Å². The number of carbonyl (C=O) groups excluding carboxylic acids is 1. The van der Waals surface area contributed by atoms with Gasteiger partial charge in [-0.25, -0.2) is 13.4 Å². The number of hydrogen-bond acceptors (Lipinski definition) is 5. The summed E-state index contributed by atoms with van der Waals surface area (Å²) < 4.78 is 25.4. The van der Waals surface area contributed by atoms with Gasteiger partial charge in [-0.15, -0.1) is 0 Å². The number of fused-ring (bicyclic) bond motifs is 1. The molecule has 1 aromatic heterocycles. The highest BCUT2D eigenvalue weighted by molar-refractivity contribution is 7.91. The molecule has 136 valence electrons. The lowest BCUT2D eigenvalue weighted by Gasteiger charge is -2.05. The summed E-state index contributed by atoms with van der Waals surface area (Å²) in [6.45, 7) is 1.90. The number of sulfone groups is 1. The second-order valence-corrected chi connectivity index (χ2v) is 9.49. The van der Waals surface area contributed by atoms with Gasteiger partial charge in [-0.3, -0.25) is 4.79 Å². The summed E-state index contributed by atoms with van der Waals surface area (Å²) >= 11 is 7.27. The number of benzene rings is 2. The van der Waals surface area contributed by atoms with E-state index in [1.807, 2.05) is 6.92 Å². The molecule has 5 nitrogen and oxygen atoms in total. The average Bonchev–Trinajstić information content (AvgIpc) is 2.96. The Morgan fingerprint density at radius 3 is 2.65 bits per heavy atom. The number of aromatic nitrogens is 1. The van der Waals surface area contributed by atoms with E-state index in [9.17, 15) is 13.2 Å². The van der Waals surface area contributed by atoms with Gasteiger partial charge in [-0.1, -0.05) is 40.6 Å². The van der Waals surface area contributed by atoms with Crippen LogP contribution in [-0.2, 0) is 14.6 Å². The maximum atomic E-state index is 12.3. The lowest BCUT2D eigenvalue weighted by Crippen LogP contribution is -2.14. The minimum atomic E-state index is -3.38. The van der Waals surface area contributed by atoms with Gasteiger partial charge in [0.05, 0.1) is 20.9 Å². The zero-order valence-corrected chi connectivity index (χ0v) is 16.4. The van der Waals surface area contributed by atoms with Crippen molar-refractivity contribution >= 4 is 54.0 Å². The number of amides is 1. The van der Waals surface area contributed by atoms with Crippen molar-refractivity contribution in [3.8, 4) is 0 Å². The topological polar surface area (TPSA) is 76.1 Å². The van der Waals surface area contributed by atoms with Crippen LogP contribution in [0.3, 0.4) is 0 Å². The Morgan fingerprint density at radius 2 is 1.92 bits per heavy atom. The quantitative estimate of drug-likeness (QED) is 0.653. The second kappa shape index (κ2) is 7.73. The van der Waals surface area contributed by atoms with Crippen molar-refractivity contribution in [3.63, 3.8) is 0 Å². The Balaban J connectivity index is 1.55. The molecule has 8 heteroatoms. The molecule has 2 aromatic carbocycles. The predicted octanol–water partition coefficient (Wildman–Crippen LogP) is 4.45. The van der Waals surface area contributed by atoms with E-state index in [0.29, 0.717) is 10.2 Å². The third-order valence-electron chi connectivity index (χ3n) is 3.79. The predicted molar refractivity (Wildman–Crippen MR) is 106 cm³/mol. The first-order valence-electron chi connectivity index (χ1n) is 7.99. The maximum Gasteiger partial charge on any atom is 0.226 e. The number of nitrogens with one attached hydrogen (secondary N) is 1. The fourth-order valence-corrected chi connectivity index (χ4v) is 4.89. The van der Waals surface area contributed by atoms with Crippen molar-refractivity contribution in [1.82, 2.24) is 4.98 Å². The molecule has 0 radical (unpaired) electrons. The van der Waals surface area contributed by atoms with Crippen LogP contribution in [0.25, 0.3) is 10.2 Å². The largest absolute Gasteiger partial charge is 0.302 e. The van der Waals surface area contributed by atoms with Crippen LogP contribution in [0.5, 0.6) is 0 Å². The summed E-state index contributed by atoms with van der Waals surface area (Å²) in [5.41, 5.74) is 1.76. The molecule has 0 saturated heterocycles. The number of halogens is 1. The molecule has 0 spiro atoms. The Bertz CT molecular complexity index is 1040. The minimum absolute atomic E-state index is 0.0705. The fourth-order valence-electron chi connectivity index (χ4n) is 2.42. The lowest BCUT2D eigenvalue weighted by atomic mass is 10.2. The molecule has 0 unspecified atom stereocenters. The standard InChI is InChI=1S/C18H17ClN2O3S2/c1-12-4-7-14(8-5-12)26(23,24)10-2-3-17(22)21-18-20-15-9-6-13(19)11-16(15)25-18/h4-9,11H,2-3,10H2,1H3,(H,20,21,22). The van der Waals surface area contributed by atoms with E-state index < -0.39 is 9.84 Å². The first-order valence-corrected chi connectivity index (χ1v) is 10.8. The summed E-state index contributed by atoms with van der Waals surface area (Å²) in [5, 5.41) is 3.81. The van der Waals surface area contributed by atoms with E-state index in [1.165, 1.54) is 11.3 Å². The van der Waals surface area contributed by atoms with Crippen LogP contribution in [0.15, 0.2) is 47.4 Å². The normalized spacial score (nSPS) is 11.6. The molecular weight excluding hydrogens is 392 g/mol. The summed E-state index contributed by atoms with van der Waals surface area (Å²) in [4.78, 5) is 16.7. The van der Waals surface area contributed by atoms with E-state index in [1.54, 1.807) is 42.5 Å². The Morgan fingerprint density at radius 1 is 1.19 bits per heavy atom. The van der Waals surface area contributed by atoms with Gasteiger partial charge in [0.15, 0.2) is 15.0 Å². The molecule has 0 atom stereocenters. The highest BCUT2D eigenvalue weighted by Crippen LogP contribution is 2.28. The summed E-state index contributed by atoms with van der Waals surface area (Å²) in [7, 11) is -3.38.